The van der Waals surface area contributed by atoms with E-state index < -0.39 is 5.82 Å². The van der Waals surface area contributed by atoms with Gasteiger partial charge in [0.15, 0.2) is 5.82 Å². The first kappa shape index (κ1) is 24.9. The number of nitrogens with zero attached hydrogens (tertiary/aromatic N) is 7. The van der Waals surface area contributed by atoms with Crippen molar-refractivity contribution in [1.82, 2.24) is 29.4 Å². The van der Waals surface area contributed by atoms with Gasteiger partial charge in [-0.2, -0.15) is 0 Å². The molecule has 10 nitrogen and oxygen atoms in total. The highest BCUT2D eigenvalue weighted by Crippen LogP contribution is 2.38. The van der Waals surface area contributed by atoms with E-state index in [4.69, 9.17) is 9.72 Å². The van der Waals surface area contributed by atoms with E-state index in [1.165, 1.54) is 18.5 Å². The largest absolute Gasteiger partial charge is 0.457 e. The van der Waals surface area contributed by atoms with Crippen LogP contribution in [0.2, 0.25) is 0 Å². The molecule has 2 unspecified atom stereocenters. The van der Waals surface area contributed by atoms with Gasteiger partial charge in [0.05, 0.1) is 40.6 Å². The Bertz CT molecular complexity index is 1840. The lowest BCUT2D eigenvalue weighted by Crippen LogP contribution is -2.69. The zero-order chi connectivity index (χ0) is 28.2. The van der Waals surface area contributed by atoms with E-state index in [2.05, 4.69) is 31.7 Å². The Morgan fingerprint density at radius 3 is 2.73 bits per heavy atom. The van der Waals surface area contributed by atoms with E-state index in [-0.39, 0.29) is 23.7 Å². The number of hydrogen-bond donors (Lipinski definition) is 1. The van der Waals surface area contributed by atoms with Crippen LogP contribution in [0.15, 0.2) is 67.8 Å². The summed E-state index contributed by atoms with van der Waals surface area (Å²) in [6.07, 6.45) is 5.54. The van der Waals surface area contributed by atoms with Crippen LogP contribution >= 0.6 is 0 Å². The summed E-state index contributed by atoms with van der Waals surface area (Å²) in [6, 6.07) is 12.8. The van der Waals surface area contributed by atoms with Crippen LogP contribution in [0.1, 0.15) is 12.0 Å². The molecule has 41 heavy (non-hydrogen) atoms. The third-order valence-corrected chi connectivity index (χ3v) is 7.85. The van der Waals surface area contributed by atoms with Crippen LogP contribution in [-0.2, 0) is 11.8 Å². The summed E-state index contributed by atoms with van der Waals surface area (Å²) in [7, 11) is 1.93. The highest BCUT2D eigenvalue weighted by Gasteiger charge is 2.46. The lowest BCUT2D eigenvalue weighted by Gasteiger charge is -2.56. The second kappa shape index (κ2) is 9.54. The fourth-order valence-electron chi connectivity index (χ4n) is 5.76. The van der Waals surface area contributed by atoms with Crippen molar-refractivity contribution in [2.24, 2.45) is 7.05 Å². The quantitative estimate of drug-likeness (QED) is 0.299. The molecule has 2 atom stereocenters. The molecule has 3 saturated heterocycles. The molecule has 0 spiro atoms. The van der Waals surface area contributed by atoms with Gasteiger partial charge >= 0.3 is 0 Å². The lowest BCUT2D eigenvalue weighted by atomic mass is 9.87. The number of carbonyl (C=O) groups excluding carboxylic acids is 1. The zero-order valence-electron chi connectivity index (χ0n) is 22.6. The summed E-state index contributed by atoms with van der Waals surface area (Å²) >= 11 is 0. The van der Waals surface area contributed by atoms with Gasteiger partial charge in [-0.1, -0.05) is 6.58 Å². The molecule has 3 aliphatic heterocycles. The minimum absolute atomic E-state index is 0.0475. The summed E-state index contributed by atoms with van der Waals surface area (Å²) in [5, 5.41) is 3.12. The van der Waals surface area contributed by atoms with Crippen molar-refractivity contribution in [3.05, 3.63) is 79.2 Å². The van der Waals surface area contributed by atoms with Crippen molar-refractivity contribution in [2.45, 2.75) is 25.4 Å². The number of nitrogens with one attached hydrogen (secondary N) is 1. The fraction of sp³-hybridized carbons (Fsp3) is 0.233. The molecule has 3 fully saturated rings. The van der Waals surface area contributed by atoms with Crippen LogP contribution in [0.25, 0.3) is 22.1 Å². The Balaban J connectivity index is 1.14. The number of piperidine rings is 1. The van der Waals surface area contributed by atoms with Crippen molar-refractivity contribution in [3.8, 4) is 11.5 Å². The molecule has 5 aromatic rings. The van der Waals surface area contributed by atoms with E-state index in [0.29, 0.717) is 41.4 Å². The predicted molar refractivity (Wildman–Crippen MR) is 154 cm³/mol. The predicted octanol–water partition coefficient (Wildman–Crippen LogP) is 4.87. The third-order valence-electron chi connectivity index (χ3n) is 7.85. The molecule has 6 heterocycles. The van der Waals surface area contributed by atoms with Crippen LogP contribution in [0.5, 0.6) is 11.5 Å². The molecule has 0 radical (unpaired) electrons. The average molecular weight is 551 g/mol. The highest BCUT2D eigenvalue weighted by molar-refractivity contribution is 5.89. The number of amides is 1. The third kappa shape index (κ3) is 4.30. The fourth-order valence-corrected chi connectivity index (χ4v) is 5.76. The van der Waals surface area contributed by atoms with E-state index in [0.717, 1.165) is 28.8 Å². The summed E-state index contributed by atoms with van der Waals surface area (Å²) in [5.74, 6) is 1.63. The summed E-state index contributed by atoms with van der Waals surface area (Å²) in [4.78, 5) is 34.1. The molecule has 206 valence electrons. The smallest absolute Gasteiger partial charge is 0.246 e. The van der Waals surface area contributed by atoms with Gasteiger partial charge in [-0.3, -0.25) is 4.79 Å². The Morgan fingerprint density at radius 1 is 1.10 bits per heavy atom. The second-order valence-electron chi connectivity index (χ2n) is 10.5. The molecule has 3 aliphatic rings. The van der Waals surface area contributed by atoms with Crippen LogP contribution < -0.4 is 15.0 Å². The van der Waals surface area contributed by atoms with Gasteiger partial charge in [-0.15, -0.1) is 0 Å². The number of pyridine rings is 1. The number of aryl methyl sites for hydroxylation is 2. The van der Waals surface area contributed by atoms with Crippen LogP contribution in [0, 0.1) is 12.7 Å². The molecular weight excluding hydrogens is 523 g/mol. The number of aromatic nitrogens is 5. The molecular formula is C30H27FN8O2. The van der Waals surface area contributed by atoms with E-state index in [9.17, 15) is 4.79 Å². The number of piperazine rings is 1. The monoisotopic (exact) mass is 550 g/mol. The summed E-state index contributed by atoms with van der Waals surface area (Å²) in [6.45, 7) is 6.72. The first-order valence-corrected chi connectivity index (χ1v) is 13.4. The topological polar surface area (TPSA) is 101 Å². The first-order chi connectivity index (χ1) is 19.9. The molecule has 8 rings (SSSR count). The Labute approximate surface area is 235 Å². The number of benzene rings is 2. The minimum Gasteiger partial charge on any atom is -0.457 e. The molecule has 0 aliphatic carbocycles. The number of fused-ring (bicyclic) bond motifs is 4. The van der Waals surface area contributed by atoms with E-state index >= 15 is 4.39 Å². The number of ether oxygens (including phenoxy) is 1. The van der Waals surface area contributed by atoms with Crippen LogP contribution in [0.3, 0.4) is 0 Å². The Kier molecular flexibility index (Phi) is 5.81. The minimum atomic E-state index is -0.489. The van der Waals surface area contributed by atoms with Gasteiger partial charge in [-0.25, -0.2) is 24.3 Å². The van der Waals surface area contributed by atoms with Gasteiger partial charge in [0.1, 0.15) is 35.0 Å². The molecule has 1 amide bonds. The van der Waals surface area contributed by atoms with Gasteiger partial charge < -0.3 is 24.4 Å². The highest BCUT2D eigenvalue weighted by atomic mass is 19.1. The normalized spacial score (nSPS) is 17.9. The van der Waals surface area contributed by atoms with Crippen molar-refractivity contribution in [1.29, 1.82) is 0 Å². The van der Waals surface area contributed by atoms with E-state index in [1.54, 1.807) is 12.4 Å². The maximum Gasteiger partial charge on any atom is 0.246 e. The Hall–Kier alpha value is -5.06. The SMILES string of the molecule is C=CC(=O)N1CC2CC(C1)N2c1ccc2ncnc(Nc3cc(C)c(Oc4ccc5c(c4)ncn5C)cc3F)c2n1. The molecule has 2 aromatic carbocycles. The average Bonchev–Trinajstić information content (AvgIpc) is 3.35. The summed E-state index contributed by atoms with van der Waals surface area (Å²) in [5.41, 5.74) is 3.96. The first-order valence-electron chi connectivity index (χ1n) is 13.4. The maximum atomic E-state index is 15.4. The van der Waals surface area contributed by atoms with Crippen molar-refractivity contribution in [3.63, 3.8) is 0 Å². The Morgan fingerprint density at radius 2 is 1.93 bits per heavy atom. The van der Waals surface area contributed by atoms with Gasteiger partial charge in [0.25, 0.3) is 0 Å². The van der Waals surface area contributed by atoms with Crippen molar-refractivity contribution < 1.29 is 13.9 Å². The number of rotatable bonds is 6. The standard InChI is InChI=1S/C30H27FN8O2/c1-4-28(40)38-13-18-10-19(14-38)39(18)27-8-6-22-29(36-27)30(33-15-32-22)35-23-9-17(2)26(12-21(23)31)41-20-5-7-25-24(11-20)34-16-37(25)3/h4-9,11-12,15-16,18-19H,1,10,13-14H2,2-3H3,(H,32,33,35). The number of hydrogen-bond acceptors (Lipinski definition) is 8. The van der Waals surface area contributed by atoms with Gasteiger partial charge in [-0.05, 0) is 55.3 Å². The van der Waals surface area contributed by atoms with Gasteiger partial charge in [0, 0.05) is 32.3 Å². The zero-order valence-corrected chi connectivity index (χ0v) is 22.6. The molecule has 11 heteroatoms. The van der Waals surface area contributed by atoms with Gasteiger partial charge in [0.2, 0.25) is 5.91 Å². The number of halogens is 1. The van der Waals surface area contributed by atoms with Crippen LogP contribution in [-0.4, -0.2) is 60.5 Å². The molecule has 3 aromatic heterocycles. The number of anilines is 3. The van der Waals surface area contributed by atoms with Crippen molar-refractivity contribution >= 4 is 45.3 Å². The molecule has 2 bridgehead atoms. The number of carbonyl (C=O) groups is 1. The second-order valence-corrected chi connectivity index (χ2v) is 10.5. The van der Waals surface area contributed by atoms with E-state index in [1.807, 2.05) is 53.8 Å². The molecule has 1 N–H and O–H groups in total. The van der Waals surface area contributed by atoms with Crippen molar-refractivity contribution in [2.75, 3.05) is 23.3 Å². The maximum absolute atomic E-state index is 15.4. The van der Waals surface area contributed by atoms with Crippen LogP contribution in [0.4, 0.5) is 21.7 Å². The molecule has 0 saturated carbocycles. The number of imidazole rings is 1. The lowest BCUT2D eigenvalue weighted by molar-refractivity contribution is -0.129. The summed E-state index contributed by atoms with van der Waals surface area (Å²) < 4.78 is 23.3.